The van der Waals surface area contributed by atoms with E-state index >= 15 is 0 Å². The van der Waals surface area contributed by atoms with Gasteiger partial charge in [-0.15, -0.1) is 0 Å². The molecule has 0 radical (unpaired) electrons. The molecule has 2 aliphatic heterocycles. The molecule has 0 atom stereocenters. The van der Waals surface area contributed by atoms with Crippen LogP contribution in [0.15, 0.2) is 18.2 Å². The molecule has 0 saturated carbocycles. The van der Waals surface area contributed by atoms with Gasteiger partial charge in [0.05, 0.1) is 5.56 Å². The zero-order valence-electron chi connectivity index (χ0n) is 13.6. The van der Waals surface area contributed by atoms with Gasteiger partial charge in [-0.05, 0) is 43.4 Å². The third kappa shape index (κ3) is 3.64. The molecule has 0 unspecified atom stereocenters. The van der Waals surface area contributed by atoms with Crippen LogP contribution in [0.1, 0.15) is 42.5 Å². The Morgan fingerprint density at radius 1 is 1.12 bits per heavy atom. The summed E-state index contributed by atoms with van der Waals surface area (Å²) in [6.07, 6.45) is 3.17. The second-order valence-corrected chi connectivity index (χ2v) is 6.85. The number of benzene rings is 1. The van der Waals surface area contributed by atoms with Crippen molar-refractivity contribution in [2.24, 2.45) is 5.41 Å². The summed E-state index contributed by atoms with van der Waals surface area (Å²) in [7, 11) is 0. The van der Waals surface area contributed by atoms with E-state index in [1.165, 1.54) is 0 Å². The lowest BCUT2D eigenvalue weighted by Crippen LogP contribution is -2.44. The number of nitrogens with one attached hydrogen (secondary N) is 1. The number of likely N-dealkylation sites (tertiary alicyclic amines) is 1. The van der Waals surface area contributed by atoms with Gasteiger partial charge in [-0.2, -0.15) is 0 Å². The van der Waals surface area contributed by atoms with Gasteiger partial charge in [-0.25, -0.2) is 8.78 Å². The number of carbonyl (C=O) groups excluding carboxylic acids is 2. The third-order valence-electron chi connectivity index (χ3n) is 5.31. The Morgan fingerprint density at radius 2 is 1.88 bits per heavy atom. The van der Waals surface area contributed by atoms with Crippen LogP contribution < -0.4 is 5.32 Å². The van der Waals surface area contributed by atoms with E-state index in [1.807, 2.05) is 0 Å². The van der Waals surface area contributed by atoms with Gasteiger partial charge in [0.25, 0.3) is 0 Å². The molecule has 1 spiro atoms. The monoisotopic (exact) mass is 336 g/mol. The smallest absolute Gasteiger partial charge is 0.223 e. The maximum Gasteiger partial charge on any atom is 0.223 e. The van der Waals surface area contributed by atoms with E-state index in [-0.39, 0.29) is 24.3 Å². The quantitative estimate of drug-likeness (QED) is 0.860. The Bertz CT molecular complexity index is 632. The Morgan fingerprint density at radius 3 is 2.50 bits per heavy atom. The van der Waals surface area contributed by atoms with E-state index < -0.39 is 17.4 Å². The van der Waals surface area contributed by atoms with Crippen molar-refractivity contribution in [3.63, 3.8) is 0 Å². The number of rotatable bonds is 4. The molecular formula is C18H22F2N2O2. The number of amides is 1. The second-order valence-electron chi connectivity index (χ2n) is 6.85. The number of carbonyl (C=O) groups is 2. The highest BCUT2D eigenvalue weighted by atomic mass is 19.1. The largest absolute Gasteiger partial charge is 0.343 e. The Kier molecular flexibility index (Phi) is 4.94. The fraction of sp³-hybridized carbons (Fsp3) is 0.556. The number of hydrogen-bond acceptors (Lipinski definition) is 3. The van der Waals surface area contributed by atoms with Crippen molar-refractivity contribution >= 4 is 11.7 Å². The minimum absolute atomic E-state index is 0.0510. The molecular weight excluding hydrogens is 314 g/mol. The molecule has 130 valence electrons. The van der Waals surface area contributed by atoms with Crippen molar-refractivity contribution in [3.8, 4) is 0 Å². The summed E-state index contributed by atoms with van der Waals surface area (Å²) in [6, 6.07) is 2.88. The summed E-state index contributed by atoms with van der Waals surface area (Å²) in [4.78, 5) is 26.1. The summed E-state index contributed by atoms with van der Waals surface area (Å²) >= 11 is 0. The molecule has 1 amide bonds. The summed E-state index contributed by atoms with van der Waals surface area (Å²) in [5.74, 6) is -2.12. The number of nitrogens with zero attached hydrogens (tertiary/aromatic N) is 1. The molecule has 4 nitrogen and oxygen atoms in total. The highest BCUT2D eigenvalue weighted by Gasteiger charge is 2.37. The van der Waals surface area contributed by atoms with Gasteiger partial charge in [-0.1, -0.05) is 0 Å². The highest BCUT2D eigenvalue weighted by Crippen LogP contribution is 2.37. The fourth-order valence-corrected chi connectivity index (χ4v) is 3.68. The van der Waals surface area contributed by atoms with Crippen molar-refractivity contribution in [3.05, 3.63) is 35.4 Å². The molecule has 2 aliphatic rings. The topological polar surface area (TPSA) is 49.4 Å². The molecule has 0 aliphatic carbocycles. The van der Waals surface area contributed by atoms with Crippen LogP contribution in [0.4, 0.5) is 8.78 Å². The predicted octanol–water partition coefficient (Wildman–Crippen LogP) is 2.53. The first-order chi connectivity index (χ1) is 11.5. The van der Waals surface area contributed by atoms with E-state index in [4.69, 9.17) is 0 Å². The van der Waals surface area contributed by atoms with Crippen LogP contribution in [-0.4, -0.2) is 42.8 Å². The van der Waals surface area contributed by atoms with Crippen LogP contribution in [0.5, 0.6) is 0 Å². The van der Waals surface area contributed by atoms with Gasteiger partial charge in [0.1, 0.15) is 11.6 Å². The number of piperidine rings is 1. The van der Waals surface area contributed by atoms with Crippen molar-refractivity contribution in [2.45, 2.75) is 32.1 Å². The van der Waals surface area contributed by atoms with Crippen LogP contribution in [0.2, 0.25) is 0 Å². The molecule has 1 N–H and O–H groups in total. The number of ketones is 1. The Hall–Kier alpha value is -1.82. The zero-order chi connectivity index (χ0) is 17.2. The highest BCUT2D eigenvalue weighted by molar-refractivity contribution is 5.98. The maximum atomic E-state index is 13.6. The average Bonchev–Trinajstić information content (AvgIpc) is 3.01. The molecule has 1 aromatic rings. The van der Waals surface area contributed by atoms with Crippen LogP contribution in [-0.2, 0) is 4.79 Å². The molecule has 6 heteroatoms. The first-order valence-electron chi connectivity index (χ1n) is 8.46. The Labute approximate surface area is 140 Å². The van der Waals surface area contributed by atoms with Gasteiger partial charge in [-0.3, -0.25) is 9.59 Å². The number of halogens is 2. The summed E-state index contributed by atoms with van der Waals surface area (Å²) in [5, 5.41) is 3.38. The zero-order valence-corrected chi connectivity index (χ0v) is 13.6. The molecule has 1 aromatic carbocycles. The van der Waals surface area contributed by atoms with Crippen molar-refractivity contribution in [1.82, 2.24) is 10.2 Å². The lowest BCUT2D eigenvalue weighted by Gasteiger charge is -2.38. The summed E-state index contributed by atoms with van der Waals surface area (Å²) < 4.78 is 26.5. The van der Waals surface area contributed by atoms with Gasteiger partial charge >= 0.3 is 0 Å². The lowest BCUT2D eigenvalue weighted by atomic mass is 9.78. The lowest BCUT2D eigenvalue weighted by molar-refractivity contribution is -0.133. The minimum Gasteiger partial charge on any atom is -0.343 e. The molecule has 3 rings (SSSR count). The SMILES string of the molecule is O=C(CCC(=O)N1CCC2(CCNC2)CC1)c1ccc(F)cc1F. The standard InChI is InChI=1S/C18H22F2N2O2/c19-13-1-2-14(15(20)11-13)16(23)3-4-17(24)22-9-6-18(7-10-22)5-8-21-12-18/h1-2,11,21H,3-10,12H2. The summed E-state index contributed by atoms with van der Waals surface area (Å²) in [5.41, 5.74) is 0.183. The van der Waals surface area contributed by atoms with Crippen LogP contribution in [0.25, 0.3) is 0 Å². The number of Topliss-reactive ketones (excluding diaryl/α,β-unsaturated/α-hetero) is 1. The molecule has 0 bridgehead atoms. The molecule has 0 aromatic heterocycles. The van der Waals surface area contributed by atoms with Crippen molar-refractivity contribution in [2.75, 3.05) is 26.2 Å². The summed E-state index contributed by atoms with van der Waals surface area (Å²) in [6.45, 7) is 3.52. The van der Waals surface area contributed by atoms with E-state index in [9.17, 15) is 18.4 Å². The van der Waals surface area contributed by atoms with Gasteiger partial charge in [0.15, 0.2) is 5.78 Å². The van der Waals surface area contributed by atoms with E-state index in [1.54, 1.807) is 4.90 Å². The van der Waals surface area contributed by atoms with Gasteiger partial charge < -0.3 is 10.2 Å². The molecule has 2 heterocycles. The van der Waals surface area contributed by atoms with Crippen LogP contribution in [0.3, 0.4) is 0 Å². The van der Waals surface area contributed by atoms with E-state index in [0.717, 1.165) is 57.6 Å². The fourth-order valence-electron chi connectivity index (χ4n) is 3.68. The Balaban J connectivity index is 1.49. The van der Waals surface area contributed by atoms with E-state index in [0.29, 0.717) is 11.5 Å². The molecule has 2 saturated heterocycles. The molecule has 24 heavy (non-hydrogen) atoms. The van der Waals surface area contributed by atoms with E-state index in [2.05, 4.69) is 5.32 Å². The maximum absolute atomic E-state index is 13.6. The third-order valence-corrected chi connectivity index (χ3v) is 5.31. The van der Waals surface area contributed by atoms with Crippen molar-refractivity contribution in [1.29, 1.82) is 0 Å². The first-order valence-corrected chi connectivity index (χ1v) is 8.46. The second kappa shape index (κ2) is 6.97. The molecule has 2 fully saturated rings. The van der Waals surface area contributed by atoms with Crippen molar-refractivity contribution < 1.29 is 18.4 Å². The van der Waals surface area contributed by atoms with Gasteiger partial charge in [0, 0.05) is 38.5 Å². The first kappa shape index (κ1) is 17.0. The van der Waals surface area contributed by atoms with Gasteiger partial charge in [0.2, 0.25) is 5.91 Å². The predicted molar refractivity (Wildman–Crippen MR) is 85.7 cm³/mol. The van der Waals surface area contributed by atoms with Crippen LogP contribution >= 0.6 is 0 Å². The average molecular weight is 336 g/mol. The van der Waals surface area contributed by atoms with Crippen LogP contribution in [0, 0.1) is 17.0 Å². The normalized spacial score (nSPS) is 19.7. The minimum atomic E-state index is -0.874. The number of hydrogen-bond donors (Lipinski definition) is 1.